The largest absolute Gasteiger partial charge is 0.573 e. The highest BCUT2D eigenvalue weighted by Gasteiger charge is 2.33. The van der Waals surface area contributed by atoms with Gasteiger partial charge in [-0.1, -0.05) is 18.2 Å². The Labute approximate surface area is 132 Å². The second-order valence-corrected chi connectivity index (χ2v) is 4.78. The van der Waals surface area contributed by atoms with Crippen molar-refractivity contribution in [2.45, 2.75) is 19.0 Å². The molecule has 0 fully saturated rings. The molecule has 126 valence electrons. The first kappa shape index (κ1) is 17.7. The molecule has 0 saturated carbocycles. The minimum Gasteiger partial charge on any atom is -0.406 e. The number of hydrogen-bond acceptors (Lipinski definition) is 2. The Hall–Kier alpha value is -2.69. The lowest BCUT2D eigenvalue weighted by molar-refractivity contribution is -0.274. The molecule has 0 unspecified atom stereocenters. The van der Waals surface area contributed by atoms with E-state index in [1.807, 2.05) is 0 Å². The summed E-state index contributed by atoms with van der Waals surface area (Å²) in [6.07, 6.45) is -9.84. The van der Waals surface area contributed by atoms with Gasteiger partial charge in [0, 0.05) is 0 Å². The first-order valence-corrected chi connectivity index (χ1v) is 6.53. The molecule has 0 amide bonds. The Balaban J connectivity index is 2.36. The van der Waals surface area contributed by atoms with E-state index >= 15 is 0 Å². The summed E-state index contributed by atoms with van der Waals surface area (Å²) in [5.74, 6) is -0.435. The lowest BCUT2D eigenvalue weighted by Gasteiger charge is -2.13. The molecule has 0 spiro atoms. The maximum Gasteiger partial charge on any atom is 0.573 e. The molecular weight excluding hydrogens is 336 g/mol. The quantitative estimate of drug-likeness (QED) is 0.704. The molecule has 24 heavy (non-hydrogen) atoms. The predicted molar refractivity (Wildman–Crippen MR) is 72.9 cm³/mol. The maximum absolute atomic E-state index is 12.9. The highest BCUT2D eigenvalue weighted by atomic mass is 19.4. The lowest BCUT2D eigenvalue weighted by atomic mass is 9.97. The Morgan fingerprint density at radius 3 is 1.96 bits per heavy atom. The van der Waals surface area contributed by atoms with Crippen molar-refractivity contribution in [3.05, 3.63) is 53.6 Å². The summed E-state index contributed by atoms with van der Waals surface area (Å²) >= 11 is 0. The van der Waals surface area contributed by atoms with Crippen LogP contribution in [-0.2, 0) is 12.6 Å². The molecule has 0 heterocycles. The maximum atomic E-state index is 12.9. The number of rotatable bonds is 3. The lowest BCUT2D eigenvalue weighted by Crippen LogP contribution is -2.16. The summed E-state index contributed by atoms with van der Waals surface area (Å²) in [5, 5.41) is 8.68. The van der Waals surface area contributed by atoms with Crippen molar-refractivity contribution < 1.29 is 31.1 Å². The van der Waals surface area contributed by atoms with E-state index < -0.39 is 30.3 Å². The average Bonchev–Trinajstić information content (AvgIpc) is 2.45. The fraction of sp³-hybridized carbons (Fsp3) is 0.188. The van der Waals surface area contributed by atoms with Crippen LogP contribution in [0.4, 0.5) is 26.3 Å². The van der Waals surface area contributed by atoms with Crippen LogP contribution in [0, 0.1) is 11.3 Å². The van der Waals surface area contributed by atoms with Crippen LogP contribution in [0.5, 0.6) is 5.75 Å². The zero-order chi connectivity index (χ0) is 18.0. The third kappa shape index (κ3) is 4.41. The van der Waals surface area contributed by atoms with Gasteiger partial charge >= 0.3 is 12.5 Å². The van der Waals surface area contributed by atoms with E-state index in [0.29, 0.717) is 11.1 Å². The Bertz CT molecular complexity index is 756. The fourth-order valence-corrected chi connectivity index (χ4v) is 2.13. The summed E-state index contributed by atoms with van der Waals surface area (Å²) in [5.41, 5.74) is -0.354. The third-order valence-corrected chi connectivity index (χ3v) is 3.10. The summed E-state index contributed by atoms with van der Waals surface area (Å²) in [7, 11) is 0. The summed E-state index contributed by atoms with van der Waals surface area (Å²) < 4.78 is 78.7. The van der Waals surface area contributed by atoms with E-state index in [9.17, 15) is 26.3 Å². The second kappa shape index (κ2) is 6.43. The van der Waals surface area contributed by atoms with Crippen LogP contribution in [-0.4, -0.2) is 6.36 Å². The first-order valence-electron chi connectivity index (χ1n) is 6.53. The van der Waals surface area contributed by atoms with Gasteiger partial charge in [0.25, 0.3) is 0 Å². The standard InChI is InChI=1S/C16H9F6NO/c17-15(18,19)14-6-3-11(9-12(14)7-8-23)10-1-4-13(5-2-10)24-16(20,21)22/h1-6,9H,7H2. The van der Waals surface area contributed by atoms with Crippen molar-refractivity contribution in [2.75, 3.05) is 0 Å². The van der Waals surface area contributed by atoms with Crippen LogP contribution >= 0.6 is 0 Å². The first-order chi connectivity index (χ1) is 11.1. The molecule has 2 aromatic rings. The van der Waals surface area contributed by atoms with E-state index in [0.717, 1.165) is 18.2 Å². The molecule has 0 atom stereocenters. The molecule has 2 rings (SSSR count). The summed E-state index contributed by atoms with van der Waals surface area (Å²) in [4.78, 5) is 0. The van der Waals surface area contributed by atoms with Gasteiger partial charge in [-0.05, 0) is 41.0 Å². The number of halogens is 6. The van der Waals surface area contributed by atoms with Crippen LogP contribution in [0.1, 0.15) is 11.1 Å². The van der Waals surface area contributed by atoms with E-state index in [1.54, 1.807) is 6.07 Å². The van der Waals surface area contributed by atoms with Crippen LogP contribution in [0.15, 0.2) is 42.5 Å². The van der Waals surface area contributed by atoms with Crippen molar-refractivity contribution in [2.24, 2.45) is 0 Å². The average molecular weight is 345 g/mol. The van der Waals surface area contributed by atoms with Crippen LogP contribution in [0.2, 0.25) is 0 Å². The van der Waals surface area contributed by atoms with E-state index in [1.165, 1.54) is 24.3 Å². The van der Waals surface area contributed by atoms with Gasteiger partial charge in [-0.3, -0.25) is 0 Å². The van der Waals surface area contributed by atoms with Crippen molar-refractivity contribution in [1.29, 1.82) is 5.26 Å². The van der Waals surface area contributed by atoms with Gasteiger partial charge in [0.15, 0.2) is 0 Å². The summed E-state index contributed by atoms with van der Waals surface area (Å²) in [6.45, 7) is 0. The van der Waals surface area contributed by atoms with Gasteiger partial charge in [-0.25, -0.2) is 0 Å². The van der Waals surface area contributed by atoms with E-state index in [2.05, 4.69) is 4.74 Å². The molecule has 0 saturated heterocycles. The Morgan fingerprint density at radius 2 is 1.46 bits per heavy atom. The van der Waals surface area contributed by atoms with E-state index in [4.69, 9.17) is 5.26 Å². The second-order valence-electron chi connectivity index (χ2n) is 4.78. The van der Waals surface area contributed by atoms with E-state index in [-0.39, 0.29) is 5.56 Å². The van der Waals surface area contributed by atoms with Gasteiger partial charge in [0.1, 0.15) is 5.75 Å². The number of ether oxygens (including phenoxy) is 1. The molecule has 2 nitrogen and oxygen atoms in total. The molecule has 0 N–H and O–H groups in total. The molecule has 0 bridgehead atoms. The SMILES string of the molecule is N#CCc1cc(-c2ccc(OC(F)(F)F)cc2)ccc1C(F)(F)F. The Morgan fingerprint density at radius 1 is 0.875 bits per heavy atom. The number of nitrogens with zero attached hydrogens (tertiary/aromatic N) is 1. The highest BCUT2D eigenvalue weighted by Crippen LogP contribution is 2.35. The molecule has 0 radical (unpaired) electrons. The highest BCUT2D eigenvalue weighted by molar-refractivity contribution is 5.66. The molecule has 8 heteroatoms. The van der Waals surface area contributed by atoms with Crippen LogP contribution < -0.4 is 4.74 Å². The van der Waals surface area contributed by atoms with Gasteiger partial charge in [-0.2, -0.15) is 18.4 Å². The summed E-state index contributed by atoms with van der Waals surface area (Å²) in [6, 6.07) is 9.62. The molecule has 0 aromatic heterocycles. The number of nitriles is 1. The van der Waals surface area contributed by atoms with Gasteiger partial charge in [0.05, 0.1) is 18.1 Å². The number of alkyl halides is 6. The third-order valence-electron chi connectivity index (χ3n) is 3.10. The smallest absolute Gasteiger partial charge is 0.406 e. The Kier molecular flexibility index (Phi) is 4.73. The molecule has 2 aromatic carbocycles. The predicted octanol–water partition coefficient (Wildman–Crippen LogP) is 5.34. The van der Waals surface area contributed by atoms with Gasteiger partial charge in [0.2, 0.25) is 0 Å². The topological polar surface area (TPSA) is 33.0 Å². The normalized spacial score (nSPS) is 11.9. The molecular formula is C16H9F6NO. The zero-order valence-electron chi connectivity index (χ0n) is 11.9. The fourth-order valence-electron chi connectivity index (χ4n) is 2.13. The number of hydrogen-bond donors (Lipinski definition) is 0. The van der Waals surface area contributed by atoms with Crippen molar-refractivity contribution in [3.63, 3.8) is 0 Å². The van der Waals surface area contributed by atoms with Crippen LogP contribution in [0.25, 0.3) is 11.1 Å². The van der Waals surface area contributed by atoms with Crippen molar-refractivity contribution >= 4 is 0 Å². The molecule has 0 aliphatic heterocycles. The van der Waals surface area contributed by atoms with Crippen molar-refractivity contribution in [1.82, 2.24) is 0 Å². The number of benzene rings is 2. The van der Waals surface area contributed by atoms with Gasteiger partial charge < -0.3 is 4.74 Å². The van der Waals surface area contributed by atoms with Gasteiger partial charge in [-0.15, -0.1) is 13.2 Å². The zero-order valence-corrected chi connectivity index (χ0v) is 11.9. The van der Waals surface area contributed by atoms with Crippen LogP contribution in [0.3, 0.4) is 0 Å². The monoisotopic (exact) mass is 345 g/mol. The minimum absolute atomic E-state index is 0.196. The molecule has 0 aliphatic rings. The molecule has 0 aliphatic carbocycles. The van der Waals surface area contributed by atoms with Crippen molar-refractivity contribution in [3.8, 4) is 22.9 Å². The minimum atomic E-state index is -4.82.